The molecule has 0 bridgehead atoms. The van der Waals surface area contributed by atoms with Crippen LogP contribution < -0.4 is 20.1 Å². The Hall–Kier alpha value is -8.66. The molecule has 4 N–H and O–H groups in total. The van der Waals surface area contributed by atoms with E-state index in [4.69, 9.17) is 55.9 Å². The minimum atomic E-state index is -0.671. The van der Waals surface area contributed by atoms with Gasteiger partial charge in [0.1, 0.15) is 22.9 Å². The van der Waals surface area contributed by atoms with Crippen LogP contribution in [0.4, 0.5) is 34.1 Å². The molecule has 0 aliphatic heterocycles. The van der Waals surface area contributed by atoms with Gasteiger partial charge in [0.25, 0.3) is 11.8 Å². The number of amides is 2. The van der Waals surface area contributed by atoms with Gasteiger partial charge in [-0.25, -0.2) is 9.59 Å². The fourth-order valence-corrected chi connectivity index (χ4v) is 9.00. The van der Waals surface area contributed by atoms with E-state index in [2.05, 4.69) is 31.1 Å². The third-order valence-electron chi connectivity index (χ3n) is 12.0. The van der Waals surface area contributed by atoms with E-state index in [9.17, 15) is 29.4 Å². The first-order chi connectivity index (χ1) is 36.7. The minimum Gasteiger partial charge on any atom is -0.505 e. The van der Waals surface area contributed by atoms with Crippen molar-refractivity contribution in [3.8, 4) is 23.0 Å². The zero-order chi connectivity index (χ0) is 53.6. The molecule has 0 atom stereocenters. The number of fused-ring (bicyclic) bond motifs is 2. The van der Waals surface area contributed by atoms with E-state index < -0.39 is 35.3 Å². The molecule has 9 aromatic carbocycles. The van der Waals surface area contributed by atoms with Crippen LogP contribution in [0.25, 0.3) is 21.5 Å². The van der Waals surface area contributed by atoms with Crippen LogP contribution in [0.3, 0.4) is 0 Å². The van der Waals surface area contributed by atoms with Gasteiger partial charge in [-0.15, -0.1) is 10.2 Å². The Morgan fingerprint density at radius 3 is 1.24 bits per heavy atom. The third kappa shape index (κ3) is 11.5. The number of phenolic OH excluding ortho intramolecular Hbond substituents is 2. The fraction of sp³-hybridized carbons (Fsp3) is 0.0690. The molecule has 76 heavy (non-hydrogen) atoms. The van der Waals surface area contributed by atoms with Crippen LogP contribution in [0.2, 0.25) is 20.1 Å². The number of rotatable bonds is 14. The van der Waals surface area contributed by atoms with E-state index in [0.717, 1.165) is 0 Å². The number of anilines is 2. The molecule has 0 saturated carbocycles. The first-order valence-electron chi connectivity index (χ1n) is 23.3. The monoisotopic (exact) mass is 1090 g/mol. The number of carbonyl (C=O) groups is 4. The van der Waals surface area contributed by atoms with E-state index in [1.807, 2.05) is 13.8 Å². The summed E-state index contributed by atoms with van der Waals surface area (Å²) in [4.78, 5) is 54.5. The van der Waals surface area contributed by atoms with Gasteiger partial charge >= 0.3 is 11.9 Å². The smallest absolute Gasteiger partial charge is 0.343 e. The number of hydrogen-bond donors (Lipinski definition) is 4. The zero-order valence-corrected chi connectivity index (χ0v) is 43.1. The molecule has 0 aliphatic rings. The number of nitrogens with one attached hydrogen (secondary N) is 2. The summed E-state index contributed by atoms with van der Waals surface area (Å²) >= 11 is 24.5. The van der Waals surface area contributed by atoms with Crippen molar-refractivity contribution in [1.29, 1.82) is 0 Å². The normalized spacial score (nSPS) is 11.3. The molecular weight excluding hydrogens is 1050 g/mol. The van der Waals surface area contributed by atoms with Crippen LogP contribution in [0.5, 0.6) is 23.0 Å². The molecule has 378 valence electrons. The topological polar surface area (TPSA) is 201 Å². The Morgan fingerprint density at radius 2 is 0.855 bits per heavy atom. The van der Waals surface area contributed by atoms with Crippen LogP contribution in [0.1, 0.15) is 66.4 Å². The highest BCUT2D eigenvalue weighted by molar-refractivity contribution is 6.36. The number of halogens is 4. The molecule has 0 radical (unpaired) electrons. The second kappa shape index (κ2) is 22.8. The van der Waals surface area contributed by atoms with Gasteiger partial charge < -0.3 is 30.3 Å². The van der Waals surface area contributed by atoms with Crippen molar-refractivity contribution in [2.75, 3.05) is 10.6 Å². The van der Waals surface area contributed by atoms with Crippen LogP contribution >= 0.6 is 46.4 Å². The predicted octanol–water partition coefficient (Wildman–Crippen LogP) is 16.9. The highest BCUT2D eigenvalue weighted by Crippen LogP contribution is 2.42. The van der Waals surface area contributed by atoms with Gasteiger partial charge in [0, 0.05) is 32.2 Å². The number of ether oxygens (including phenoxy) is 2. The maximum Gasteiger partial charge on any atom is 0.343 e. The van der Waals surface area contributed by atoms with Gasteiger partial charge in [-0.2, -0.15) is 10.2 Å². The van der Waals surface area contributed by atoms with Crippen molar-refractivity contribution >= 4 is 126 Å². The molecule has 0 heterocycles. The summed E-state index contributed by atoms with van der Waals surface area (Å²) in [6.45, 7) is 3.77. The maximum absolute atomic E-state index is 13.9. The van der Waals surface area contributed by atoms with Crippen molar-refractivity contribution in [3.05, 3.63) is 211 Å². The van der Waals surface area contributed by atoms with Gasteiger partial charge in [0.05, 0.1) is 43.7 Å². The quantitative estimate of drug-likeness (QED) is 0.0468. The van der Waals surface area contributed by atoms with Gasteiger partial charge in [-0.3, -0.25) is 9.59 Å². The van der Waals surface area contributed by atoms with E-state index in [1.54, 1.807) is 109 Å². The summed E-state index contributed by atoms with van der Waals surface area (Å²) in [7, 11) is 0. The number of nitrogens with zero attached hydrogens (tertiary/aromatic N) is 4. The number of azo groups is 2. The van der Waals surface area contributed by atoms with E-state index in [-0.39, 0.29) is 66.5 Å². The standard InChI is InChI=1S/C58H40Cl4N6O8/c1-3-31-13-17-39(29-43(31)57(73)75-49-23-15-35(59)27-47(49)61)65-67-51-41-11-7-5-9-33(41)25-45(53(51)69)55(71)63-37-19-21-38(22-20-37)64-56(72)46-26-34-10-6-8-12-42(34)52(54(46)70)68-66-40-18-14-32(4-2)44(30-40)58(74)76-50-24-16-36(60)28-48(50)62/h5-30,69-70H,3-4H2,1-2H3,(H,63,71)(H,64,72). The SMILES string of the molecule is CCc1ccc(N=Nc2c(O)c(C(=O)Nc3ccc(NC(=O)c4cc5ccccc5c(N=Nc5ccc(CC)c(C(=O)Oc6ccc(Cl)cc6Cl)c5)c4O)cc3)cc3ccccc23)cc1C(=O)Oc1ccc(Cl)cc1Cl. The molecule has 18 heteroatoms. The average Bonchev–Trinajstić information content (AvgIpc) is 3.42. The number of aryl methyl sites for hydroxylation is 2. The molecular formula is C58H40Cl4N6O8. The minimum absolute atomic E-state index is 0.0122. The molecule has 0 saturated heterocycles. The second-order valence-corrected chi connectivity index (χ2v) is 18.6. The Bertz CT molecular complexity index is 3620. The molecule has 0 spiro atoms. The fourth-order valence-electron chi connectivity index (χ4n) is 8.11. The highest BCUT2D eigenvalue weighted by Gasteiger charge is 2.23. The van der Waals surface area contributed by atoms with Crippen LogP contribution in [0, 0.1) is 0 Å². The molecule has 0 unspecified atom stereocenters. The van der Waals surface area contributed by atoms with Crippen molar-refractivity contribution in [2.45, 2.75) is 26.7 Å². The summed E-state index contributed by atoms with van der Waals surface area (Å²) < 4.78 is 11.2. The lowest BCUT2D eigenvalue weighted by Gasteiger charge is -2.13. The van der Waals surface area contributed by atoms with Crippen molar-refractivity contribution < 1.29 is 38.9 Å². The lowest BCUT2D eigenvalue weighted by Crippen LogP contribution is -2.13. The summed E-state index contributed by atoms with van der Waals surface area (Å²) in [5, 5.41) is 49.5. The maximum atomic E-state index is 13.9. The number of phenols is 2. The largest absolute Gasteiger partial charge is 0.505 e. The number of hydrogen-bond acceptors (Lipinski definition) is 12. The Morgan fingerprint density at radius 1 is 0.461 bits per heavy atom. The number of aromatic hydroxyl groups is 2. The lowest BCUT2D eigenvalue weighted by molar-refractivity contribution is 0.0724. The Labute approximate surface area is 454 Å². The van der Waals surface area contributed by atoms with Crippen molar-refractivity contribution in [2.24, 2.45) is 20.5 Å². The summed E-state index contributed by atoms with van der Waals surface area (Å²) in [5.74, 6) is -3.31. The third-order valence-corrected chi connectivity index (χ3v) is 13.1. The first kappa shape index (κ1) is 52.2. The molecule has 0 aliphatic carbocycles. The van der Waals surface area contributed by atoms with Gasteiger partial charge in [-0.05, 0) is 132 Å². The lowest BCUT2D eigenvalue weighted by atomic mass is 10.0. The molecule has 0 aromatic heterocycles. The number of esters is 2. The Kier molecular flexibility index (Phi) is 15.7. The second-order valence-electron chi connectivity index (χ2n) is 16.9. The summed E-state index contributed by atoms with van der Waals surface area (Å²) in [6, 6.07) is 42.1. The van der Waals surface area contributed by atoms with E-state index in [0.29, 0.717) is 66.9 Å². The molecule has 9 aromatic rings. The van der Waals surface area contributed by atoms with Gasteiger partial charge in [0.2, 0.25) is 0 Å². The summed E-state index contributed by atoms with van der Waals surface area (Å²) in [6.07, 6.45) is 1.02. The van der Waals surface area contributed by atoms with Crippen molar-refractivity contribution in [1.82, 2.24) is 0 Å². The highest BCUT2D eigenvalue weighted by atomic mass is 35.5. The van der Waals surface area contributed by atoms with Crippen molar-refractivity contribution in [3.63, 3.8) is 0 Å². The Balaban J connectivity index is 0.917. The number of carbonyl (C=O) groups excluding carboxylic acids is 4. The predicted molar refractivity (Wildman–Crippen MR) is 296 cm³/mol. The van der Waals surface area contributed by atoms with Gasteiger partial charge in [0.15, 0.2) is 11.5 Å². The van der Waals surface area contributed by atoms with Crippen LogP contribution in [-0.4, -0.2) is 34.0 Å². The van der Waals surface area contributed by atoms with Gasteiger partial charge in [-0.1, -0.05) is 121 Å². The number of benzene rings is 9. The van der Waals surface area contributed by atoms with Crippen LogP contribution in [-0.2, 0) is 12.8 Å². The average molecular weight is 1090 g/mol. The summed E-state index contributed by atoms with van der Waals surface area (Å²) in [5.41, 5.74) is 2.84. The van der Waals surface area contributed by atoms with Crippen LogP contribution in [0.15, 0.2) is 178 Å². The van der Waals surface area contributed by atoms with E-state index >= 15 is 0 Å². The first-order valence-corrected chi connectivity index (χ1v) is 24.8. The molecule has 14 nitrogen and oxygen atoms in total. The van der Waals surface area contributed by atoms with E-state index in [1.165, 1.54) is 48.5 Å². The molecule has 0 fully saturated rings. The zero-order valence-electron chi connectivity index (χ0n) is 40.1. The molecule has 2 amide bonds. The molecule has 9 rings (SSSR count).